The van der Waals surface area contributed by atoms with Crippen molar-refractivity contribution in [1.82, 2.24) is 9.21 Å². The van der Waals surface area contributed by atoms with Gasteiger partial charge >= 0.3 is 0 Å². The Balaban J connectivity index is 1.31. The number of piperazine rings is 1. The predicted octanol–water partition coefficient (Wildman–Crippen LogP) is 4.21. The zero-order valence-electron chi connectivity index (χ0n) is 17.4. The summed E-state index contributed by atoms with van der Waals surface area (Å²) in [5, 5.41) is 2.89. The molecule has 0 aliphatic carbocycles. The minimum atomic E-state index is -3.44. The monoisotopic (exact) mass is 513 g/mol. The van der Waals surface area contributed by atoms with E-state index in [4.69, 9.17) is 0 Å². The minimum absolute atomic E-state index is 0.158. The molecule has 166 valence electrons. The number of carbonyl (C=O) groups excluding carboxylic acids is 1. The summed E-state index contributed by atoms with van der Waals surface area (Å²) in [7, 11) is -3.44. The average molecular weight is 514 g/mol. The lowest BCUT2D eigenvalue weighted by atomic mass is 10.1. The topological polar surface area (TPSA) is 69.7 Å². The Kier molecular flexibility index (Phi) is 7.05. The molecule has 0 aromatic heterocycles. The van der Waals surface area contributed by atoms with E-state index in [0.29, 0.717) is 43.2 Å². The van der Waals surface area contributed by atoms with Crippen LogP contribution < -0.4 is 5.32 Å². The summed E-state index contributed by atoms with van der Waals surface area (Å²) in [5.41, 5.74) is 2.41. The molecule has 0 saturated carbocycles. The normalized spacial score (nSPS) is 15.4. The third-order valence-electron chi connectivity index (χ3n) is 5.42. The van der Waals surface area contributed by atoms with Crippen LogP contribution in [0.2, 0.25) is 0 Å². The van der Waals surface area contributed by atoms with Gasteiger partial charge in [-0.15, -0.1) is 0 Å². The Hall–Kier alpha value is -2.52. The lowest BCUT2D eigenvalue weighted by Crippen LogP contribution is -2.48. The van der Waals surface area contributed by atoms with Gasteiger partial charge in [-0.05, 0) is 48.0 Å². The first-order chi connectivity index (χ1) is 15.4. The highest BCUT2D eigenvalue weighted by molar-refractivity contribution is 9.10. The van der Waals surface area contributed by atoms with Crippen LogP contribution >= 0.6 is 15.9 Å². The summed E-state index contributed by atoms with van der Waals surface area (Å²) in [6, 6.07) is 23.6. The molecule has 0 radical (unpaired) electrons. The molecule has 1 amide bonds. The van der Waals surface area contributed by atoms with Crippen LogP contribution in [0.5, 0.6) is 0 Å². The summed E-state index contributed by atoms with van der Waals surface area (Å²) in [4.78, 5) is 15.0. The quantitative estimate of drug-likeness (QED) is 0.535. The summed E-state index contributed by atoms with van der Waals surface area (Å²) in [6.07, 6.45) is 0. The van der Waals surface area contributed by atoms with Gasteiger partial charge in [0.1, 0.15) is 0 Å². The molecule has 3 aromatic rings. The second-order valence-corrected chi connectivity index (χ2v) is 10.5. The highest BCUT2D eigenvalue weighted by atomic mass is 79.9. The Labute approximate surface area is 197 Å². The highest BCUT2D eigenvalue weighted by Gasteiger charge is 2.28. The zero-order chi connectivity index (χ0) is 22.6. The molecular weight excluding hydrogens is 490 g/mol. The average Bonchev–Trinajstić information content (AvgIpc) is 2.80. The molecule has 1 N–H and O–H groups in total. The number of hydrogen-bond donors (Lipinski definition) is 1. The van der Waals surface area contributed by atoms with Crippen LogP contribution in [0.3, 0.4) is 0 Å². The second kappa shape index (κ2) is 9.95. The van der Waals surface area contributed by atoms with Crippen molar-refractivity contribution in [3.63, 3.8) is 0 Å². The Morgan fingerprint density at radius 1 is 0.875 bits per heavy atom. The van der Waals surface area contributed by atoms with Gasteiger partial charge in [0.05, 0.1) is 4.90 Å². The number of benzene rings is 3. The fourth-order valence-electron chi connectivity index (χ4n) is 3.66. The molecule has 4 rings (SSSR count). The highest BCUT2D eigenvalue weighted by Crippen LogP contribution is 2.19. The van der Waals surface area contributed by atoms with E-state index in [1.807, 2.05) is 54.6 Å². The molecule has 3 aromatic carbocycles. The van der Waals surface area contributed by atoms with E-state index >= 15 is 0 Å². The fourth-order valence-corrected chi connectivity index (χ4v) is 5.50. The molecule has 0 atom stereocenters. The van der Waals surface area contributed by atoms with Crippen LogP contribution in [0.15, 0.2) is 88.2 Å². The minimum Gasteiger partial charge on any atom is -0.322 e. The molecule has 8 heteroatoms. The number of sulfonamides is 1. The lowest BCUT2D eigenvalue weighted by molar-refractivity contribution is 0.102. The molecule has 1 fully saturated rings. The maximum atomic E-state index is 12.8. The van der Waals surface area contributed by atoms with Crippen molar-refractivity contribution in [2.75, 3.05) is 31.5 Å². The molecule has 1 aliphatic heterocycles. The second-order valence-electron chi connectivity index (χ2n) is 7.65. The van der Waals surface area contributed by atoms with E-state index < -0.39 is 10.0 Å². The van der Waals surface area contributed by atoms with E-state index in [2.05, 4.69) is 26.1 Å². The van der Waals surface area contributed by atoms with Gasteiger partial charge in [-0.1, -0.05) is 52.3 Å². The molecule has 6 nitrogen and oxygen atoms in total. The lowest BCUT2D eigenvalue weighted by Gasteiger charge is -2.34. The van der Waals surface area contributed by atoms with Gasteiger partial charge in [0.15, 0.2) is 0 Å². The molecule has 0 spiro atoms. The Morgan fingerprint density at radius 2 is 1.56 bits per heavy atom. The number of hydrogen-bond acceptors (Lipinski definition) is 4. The number of rotatable bonds is 6. The number of nitrogens with zero attached hydrogens (tertiary/aromatic N) is 2. The number of anilines is 1. The van der Waals surface area contributed by atoms with Crippen LogP contribution in [-0.2, 0) is 16.6 Å². The number of halogens is 1. The maximum absolute atomic E-state index is 12.8. The standard InChI is InChI=1S/C24H24BrN3O3S/c25-21-5-4-6-22(17-21)26-24(29)20-11-9-19(10-12-20)18-27-13-15-28(16-14-27)32(30,31)23-7-2-1-3-8-23/h1-12,17H,13-16,18H2,(H,26,29). The van der Waals surface area contributed by atoms with Gasteiger partial charge in [0, 0.05) is 48.4 Å². The number of amides is 1. The first-order valence-electron chi connectivity index (χ1n) is 10.4. The Bertz CT molecular complexity index is 1180. The van der Waals surface area contributed by atoms with Crippen LogP contribution in [-0.4, -0.2) is 49.7 Å². The van der Waals surface area contributed by atoms with Gasteiger partial charge in [-0.3, -0.25) is 9.69 Å². The summed E-state index contributed by atoms with van der Waals surface area (Å²) in [5.74, 6) is -0.158. The molecule has 1 aliphatic rings. The van der Waals surface area contributed by atoms with E-state index in [1.54, 1.807) is 28.6 Å². The van der Waals surface area contributed by atoms with Gasteiger partial charge in [-0.2, -0.15) is 4.31 Å². The first-order valence-corrected chi connectivity index (χ1v) is 12.6. The third-order valence-corrected chi connectivity index (χ3v) is 7.82. The van der Waals surface area contributed by atoms with Gasteiger partial charge in [0.2, 0.25) is 10.0 Å². The largest absolute Gasteiger partial charge is 0.322 e. The summed E-state index contributed by atoms with van der Waals surface area (Å²) >= 11 is 3.40. The Morgan fingerprint density at radius 3 is 2.22 bits per heavy atom. The van der Waals surface area contributed by atoms with Crippen molar-refractivity contribution < 1.29 is 13.2 Å². The van der Waals surface area contributed by atoms with Gasteiger partial charge in [0.25, 0.3) is 5.91 Å². The zero-order valence-corrected chi connectivity index (χ0v) is 19.8. The number of nitrogens with one attached hydrogen (secondary N) is 1. The van der Waals surface area contributed by atoms with Crippen LogP contribution in [0.4, 0.5) is 5.69 Å². The predicted molar refractivity (Wildman–Crippen MR) is 129 cm³/mol. The van der Waals surface area contributed by atoms with Crippen molar-refractivity contribution in [2.45, 2.75) is 11.4 Å². The summed E-state index contributed by atoms with van der Waals surface area (Å²) in [6.45, 7) is 2.97. The van der Waals surface area contributed by atoms with E-state index in [1.165, 1.54) is 0 Å². The van der Waals surface area contributed by atoms with Crippen LogP contribution in [0.25, 0.3) is 0 Å². The SMILES string of the molecule is O=C(Nc1cccc(Br)c1)c1ccc(CN2CCN(S(=O)(=O)c3ccccc3)CC2)cc1. The molecular formula is C24H24BrN3O3S. The maximum Gasteiger partial charge on any atom is 0.255 e. The van der Waals surface area contributed by atoms with Crippen molar-refractivity contribution in [2.24, 2.45) is 0 Å². The van der Waals surface area contributed by atoms with Crippen LogP contribution in [0.1, 0.15) is 15.9 Å². The van der Waals surface area contributed by atoms with Crippen molar-refractivity contribution >= 4 is 37.5 Å². The van der Waals surface area contributed by atoms with Crippen molar-refractivity contribution in [3.8, 4) is 0 Å². The van der Waals surface area contributed by atoms with E-state index in [0.717, 1.165) is 15.7 Å². The van der Waals surface area contributed by atoms with Gasteiger partial charge < -0.3 is 5.32 Å². The van der Waals surface area contributed by atoms with Gasteiger partial charge in [-0.25, -0.2) is 8.42 Å². The van der Waals surface area contributed by atoms with E-state index in [9.17, 15) is 13.2 Å². The summed E-state index contributed by atoms with van der Waals surface area (Å²) < 4.78 is 28.0. The third kappa shape index (κ3) is 5.45. The molecule has 1 heterocycles. The molecule has 0 bridgehead atoms. The van der Waals surface area contributed by atoms with Crippen molar-refractivity contribution in [1.29, 1.82) is 0 Å². The van der Waals surface area contributed by atoms with Crippen molar-refractivity contribution in [3.05, 3.63) is 94.5 Å². The number of carbonyl (C=O) groups is 1. The van der Waals surface area contributed by atoms with E-state index in [-0.39, 0.29) is 5.91 Å². The molecule has 1 saturated heterocycles. The fraction of sp³-hybridized carbons (Fsp3) is 0.208. The molecule has 32 heavy (non-hydrogen) atoms. The first kappa shape index (κ1) is 22.7. The smallest absolute Gasteiger partial charge is 0.255 e. The molecule has 0 unspecified atom stereocenters. The van der Waals surface area contributed by atoms with Crippen LogP contribution in [0, 0.1) is 0 Å².